The molecule has 1 heterocycles. The Labute approximate surface area is 97.9 Å². The average molecular weight is 231 g/mol. The first kappa shape index (κ1) is 11.4. The molecule has 2 rings (SSSR count). The number of aromatic nitrogens is 1. The number of aromatic amines is 1. The van der Waals surface area contributed by atoms with Gasteiger partial charge in [-0.25, -0.2) is 4.79 Å². The minimum atomic E-state index is -1.12. The van der Waals surface area contributed by atoms with E-state index in [1.165, 1.54) is 0 Å². The molecule has 0 saturated carbocycles. The highest BCUT2D eigenvalue weighted by Crippen LogP contribution is 2.21. The second-order valence-electron chi connectivity index (χ2n) is 4.28. The fraction of sp³-hybridized carbons (Fsp3) is 0.231. The normalized spacial score (nSPS) is 11.0. The molecule has 4 nitrogen and oxygen atoms in total. The molecule has 2 aromatic rings. The van der Waals surface area contributed by atoms with Crippen LogP contribution in [0.1, 0.15) is 35.8 Å². The highest BCUT2D eigenvalue weighted by molar-refractivity contribution is 5.90. The number of H-pyrrole nitrogens is 1. The van der Waals surface area contributed by atoms with Crippen molar-refractivity contribution in [2.75, 3.05) is 0 Å². The van der Waals surface area contributed by atoms with Crippen LogP contribution in [0.15, 0.2) is 29.1 Å². The maximum absolute atomic E-state index is 11.8. The van der Waals surface area contributed by atoms with Crippen molar-refractivity contribution in [1.29, 1.82) is 0 Å². The van der Waals surface area contributed by atoms with Gasteiger partial charge in [-0.1, -0.05) is 26.0 Å². The van der Waals surface area contributed by atoms with Gasteiger partial charge in [-0.3, -0.25) is 4.79 Å². The second kappa shape index (κ2) is 4.05. The van der Waals surface area contributed by atoms with Gasteiger partial charge in [0.1, 0.15) is 5.69 Å². The lowest BCUT2D eigenvalue weighted by Crippen LogP contribution is -2.10. The van der Waals surface area contributed by atoms with Crippen LogP contribution in [0.3, 0.4) is 0 Å². The quantitative estimate of drug-likeness (QED) is 0.833. The third-order valence-corrected chi connectivity index (χ3v) is 2.75. The summed E-state index contributed by atoms with van der Waals surface area (Å²) >= 11 is 0. The van der Waals surface area contributed by atoms with Crippen LogP contribution in [0, 0.1) is 0 Å². The molecule has 4 heteroatoms. The predicted octanol–water partition coefficient (Wildman–Crippen LogP) is 2.35. The summed E-state index contributed by atoms with van der Waals surface area (Å²) in [5.41, 5.74) is 1.23. The summed E-state index contributed by atoms with van der Waals surface area (Å²) in [6.07, 6.45) is 0. The molecule has 0 aliphatic rings. The van der Waals surface area contributed by atoms with E-state index in [1.54, 1.807) is 6.07 Å². The van der Waals surface area contributed by atoms with E-state index in [1.807, 2.05) is 26.0 Å². The predicted molar refractivity (Wildman–Crippen MR) is 65.6 cm³/mol. The average Bonchev–Trinajstić information content (AvgIpc) is 2.27. The zero-order valence-electron chi connectivity index (χ0n) is 9.65. The Bertz CT molecular complexity index is 641. The van der Waals surface area contributed by atoms with E-state index in [-0.39, 0.29) is 17.0 Å². The molecule has 88 valence electrons. The van der Waals surface area contributed by atoms with Crippen LogP contribution < -0.4 is 5.43 Å². The minimum absolute atomic E-state index is 0.0735. The van der Waals surface area contributed by atoms with Crippen molar-refractivity contribution in [3.63, 3.8) is 0 Å². The summed E-state index contributed by atoms with van der Waals surface area (Å²) < 4.78 is 0. The molecule has 0 bridgehead atoms. The van der Waals surface area contributed by atoms with Crippen molar-refractivity contribution < 1.29 is 9.90 Å². The number of para-hydroxylation sites is 1. The number of aromatic carboxylic acids is 1. The number of rotatable bonds is 2. The van der Waals surface area contributed by atoms with Crippen molar-refractivity contribution in [2.24, 2.45) is 0 Å². The number of carboxylic acid groups (broad SMARTS) is 1. The van der Waals surface area contributed by atoms with E-state index in [0.29, 0.717) is 10.9 Å². The lowest BCUT2D eigenvalue weighted by Gasteiger charge is -2.10. The number of carboxylic acids is 1. The first-order valence-corrected chi connectivity index (χ1v) is 5.40. The number of fused-ring (bicyclic) bond motifs is 1. The molecule has 0 saturated heterocycles. The molecule has 1 aromatic heterocycles. The van der Waals surface area contributed by atoms with E-state index < -0.39 is 5.97 Å². The maximum Gasteiger partial charge on any atom is 0.352 e. The Morgan fingerprint density at radius 3 is 2.65 bits per heavy atom. The highest BCUT2D eigenvalue weighted by atomic mass is 16.4. The number of carbonyl (C=O) groups is 1. The van der Waals surface area contributed by atoms with E-state index in [2.05, 4.69) is 4.98 Å². The molecule has 17 heavy (non-hydrogen) atoms. The summed E-state index contributed by atoms with van der Waals surface area (Å²) in [7, 11) is 0. The lowest BCUT2D eigenvalue weighted by atomic mass is 9.99. The molecule has 2 N–H and O–H groups in total. The SMILES string of the molecule is CC(C)c1cccc2c(=O)cc(C(=O)O)[nH]c12. The van der Waals surface area contributed by atoms with E-state index in [0.717, 1.165) is 11.6 Å². The van der Waals surface area contributed by atoms with Gasteiger partial charge in [0.15, 0.2) is 5.43 Å². The van der Waals surface area contributed by atoms with Gasteiger partial charge in [0.2, 0.25) is 0 Å². The highest BCUT2D eigenvalue weighted by Gasteiger charge is 2.11. The largest absolute Gasteiger partial charge is 0.477 e. The number of hydrogen-bond donors (Lipinski definition) is 2. The Morgan fingerprint density at radius 2 is 2.06 bits per heavy atom. The van der Waals surface area contributed by atoms with Crippen molar-refractivity contribution >= 4 is 16.9 Å². The summed E-state index contributed by atoms with van der Waals surface area (Å²) in [6.45, 7) is 4.00. The summed E-state index contributed by atoms with van der Waals surface area (Å²) in [5.74, 6) is -0.902. The smallest absolute Gasteiger partial charge is 0.352 e. The van der Waals surface area contributed by atoms with Crippen LogP contribution >= 0.6 is 0 Å². The molecule has 0 fully saturated rings. The van der Waals surface area contributed by atoms with Crippen LogP contribution in [0.4, 0.5) is 0 Å². The Balaban J connectivity index is 2.88. The van der Waals surface area contributed by atoms with Gasteiger partial charge in [0.25, 0.3) is 0 Å². The summed E-state index contributed by atoms with van der Waals surface area (Å²) in [5, 5.41) is 9.46. The molecule has 0 radical (unpaired) electrons. The van der Waals surface area contributed by atoms with Crippen LogP contribution in [0.25, 0.3) is 10.9 Å². The topological polar surface area (TPSA) is 70.2 Å². The molecule has 0 unspecified atom stereocenters. The van der Waals surface area contributed by atoms with Gasteiger partial charge >= 0.3 is 5.97 Å². The van der Waals surface area contributed by atoms with Crippen LogP contribution in [0.2, 0.25) is 0 Å². The van der Waals surface area contributed by atoms with Crippen LogP contribution in [-0.2, 0) is 0 Å². The molecule has 0 amide bonds. The third-order valence-electron chi connectivity index (χ3n) is 2.75. The van der Waals surface area contributed by atoms with Gasteiger partial charge in [-0.2, -0.15) is 0 Å². The van der Waals surface area contributed by atoms with Gasteiger partial charge in [0.05, 0.1) is 5.52 Å². The Morgan fingerprint density at radius 1 is 1.35 bits per heavy atom. The fourth-order valence-electron chi connectivity index (χ4n) is 1.89. The second-order valence-corrected chi connectivity index (χ2v) is 4.28. The number of hydrogen-bond acceptors (Lipinski definition) is 2. The molecule has 1 aromatic carbocycles. The first-order valence-electron chi connectivity index (χ1n) is 5.40. The molecule has 0 spiro atoms. The summed E-state index contributed by atoms with van der Waals surface area (Å²) in [4.78, 5) is 25.5. The summed E-state index contributed by atoms with van der Waals surface area (Å²) in [6, 6.07) is 6.53. The minimum Gasteiger partial charge on any atom is -0.477 e. The molecule has 0 atom stereocenters. The molecule has 0 aliphatic heterocycles. The van der Waals surface area contributed by atoms with E-state index in [4.69, 9.17) is 5.11 Å². The monoisotopic (exact) mass is 231 g/mol. The Hall–Kier alpha value is -2.10. The fourth-order valence-corrected chi connectivity index (χ4v) is 1.89. The standard InChI is InChI=1S/C13H13NO3/c1-7(2)8-4-3-5-9-11(15)6-10(13(16)17)14-12(8)9/h3-7H,1-2H3,(H,14,15)(H,16,17). The number of pyridine rings is 1. The van der Waals surface area contributed by atoms with Crippen molar-refractivity contribution in [3.8, 4) is 0 Å². The third kappa shape index (κ3) is 1.93. The van der Waals surface area contributed by atoms with Gasteiger partial charge < -0.3 is 10.1 Å². The van der Waals surface area contributed by atoms with E-state index >= 15 is 0 Å². The number of nitrogens with one attached hydrogen (secondary N) is 1. The van der Waals surface area contributed by atoms with E-state index in [9.17, 15) is 9.59 Å². The van der Waals surface area contributed by atoms with Crippen molar-refractivity contribution in [3.05, 3.63) is 45.7 Å². The maximum atomic E-state index is 11.8. The van der Waals surface area contributed by atoms with Gasteiger partial charge in [-0.05, 0) is 17.5 Å². The zero-order valence-corrected chi connectivity index (χ0v) is 9.65. The first-order chi connectivity index (χ1) is 8.00. The van der Waals surface area contributed by atoms with Gasteiger partial charge in [0, 0.05) is 11.5 Å². The lowest BCUT2D eigenvalue weighted by molar-refractivity contribution is 0.0691. The van der Waals surface area contributed by atoms with Crippen LogP contribution in [-0.4, -0.2) is 16.1 Å². The van der Waals surface area contributed by atoms with Gasteiger partial charge in [-0.15, -0.1) is 0 Å². The van der Waals surface area contributed by atoms with Crippen molar-refractivity contribution in [1.82, 2.24) is 4.98 Å². The Kier molecular flexibility index (Phi) is 2.71. The molecular formula is C13H13NO3. The number of benzene rings is 1. The molecule has 0 aliphatic carbocycles. The zero-order chi connectivity index (χ0) is 12.6. The van der Waals surface area contributed by atoms with Crippen LogP contribution in [0.5, 0.6) is 0 Å². The van der Waals surface area contributed by atoms with Crippen molar-refractivity contribution in [2.45, 2.75) is 19.8 Å². The molecular weight excluding hydrogens is 218 g/mol.